The normalized spacial score (nSPS) is 19.7. The van der Waals surface area contributed by atoms with Crippen molar-refractivity contribution >= 4 is 22.6 Å². The van der Waals surface area contributed by atoms with Gasteiger partial charge in [0.1, 0.15) is 16.8 Å². The molecule has 1 aliphatic carbocycles. The second-order valence-corrected chi connectivity index (χ2v) is 8.92. The number of hydrogen-bond donors (Lipinski definition) is 1. The summed E-state index contributed by atoms with van der Waals surface area (Å²) in [6.45, 7) is 6.57. The number of aromatic nitrogens is 2. The number of amides is 1. The number of nitrogens with zero attached hydrogens (tertiary/aromatic N) is 3. The highest BCUT2D eigenvalue weighted by atomic mass is 32.2. The lowest BCUT2D eigenvalue weighted by atomic mass is 9.93. The maximum atomic E-state index is 14.1. The van der Waals surface area contributed by atoms with Crippen LogP contribution < -0.4 is 10.0 Å². The lowest BCUT2D eigenvalue weighted by Gasteiger charge is -2.24. The molecule has 0 bridgehead atoms. The van der Waals surface area contributed by atoms with E-state index in [0.29, 0.717) is 25.1 Å². The Kier molecular flexibility index (Phi) is 6.26. The maximum absolute atomic E-state index is 14.1. The van der Waals surface area contributed by atoms with Crippen LogP contribution >= 0.6 is 0 Å². The minimum absolute atomic E-state index is 0.0125. The Bertz CT molecular complexity index is 1180. The van der Waals surface area contributed by atoms with Gasteiger partial charge in [-0.1, -0.05) is 26.8 Å². The average Bonchev–Trinajstić information content (AvgIpc) is 3.53. The van der Waals surface area contributed by atoms with Gasteiger partial charge in [-0.05, 0) is 65.8 Å². The van der Waals surface area contributed by atoms with Crippen LogP contribution in [0.3, 0.4) is 0 Å². The van der Waals surface area contributed by atoms with E-state index in [1.807, 2.05) is 32.2 Å². The van der Waals surface area contributed by atoms with E-state index in [1.165, 1.54) is 17.7 Å². The Balaban J connectivity index is 0.00000119. The van der Waals surface area contributed by atoms with Crippen molar-refractivity contribution in [3.8, 4) is 5.69 Å². The van der Waals surface area contributed by atoms with Gasteiger partial charge in [-0.2, -0.15) is 5.10 Å². The second-order valence-electron chi connectivity index (χ2n) is 7.88. The van der Waals surface area contributed by atoms with Gasteiger partial charge in [0.05, 0.1) is 10.6 Å². The van der Waals surface area contributed by atoms with Crippen molar-refractivity contribution in [2.75, 3.05) is 11.4 Å². The minimum Gasteiger partial charge on any atom is -0.312 e. The number of rotatable bonds is 3. The molecule has 1 amide bonds. The fourth-order valence-corrected chi connectivity index (χ4v) is 5.16. The second kappa shape index (κ2) is 8.96. The first-order valence-corrected chi connectivity index (χ1v) is 12.1. The SMILES string of the molecule is CC.CC1c2ccc(-n3cccn3)cc2CC1C(=O)N1CCc2cc(F)c(S(N)=O)cc21. The van der Waals surface area contributed by atoms with Gasteiger partial charge in [0.25, 0.3) is 0 Å². The molecule has 2 heterocycles. The molecule has 8 heteroatoms. The highest BCUT2D eigenvalue weighted by Gasteiger charge is 2.39. The van der Waals surface area contributed by atoms with Crippen LogP contribution in [0.2, 0.25) is 0 Å². The first-order valence-electron chi connectivity index (χ1n) is 10.9. The van der Waals surface area contributed by atoms with E-state index >= 15 is 0 Å². The monoisotopic (exact) mass is 454 g/mol. The molecule has 1 aliphatic heterocycles. The largest absolute Gasteiger partial charge is 0.312 e. The van der Waals surface area contributed by atoms with E-state index in [1.54, 1.807) is 15.8 Å². The Morgan fingerprint density at radius 3 is 2.69 bits per heavy atom. The molecule has 0 saturated heterocycles. The van der Waals surface area contributed by atoms with Crippen LogP contribution in [0.1, 0.15) is 43.4 Å². The first kappa shape index (κ1) is 22.4. The Hall–Kier alpha value is -2.84. The van der Waals surface area contributed by atoms with Gasteiger partial charge in [0, 0.05) is 30.5 Å². The number of fused-ring (bicyclic) bond motifs is 2. The van der Waals surface area contributed by atoms with Crippen LogP contribution in [0.5, 0.6) is 0 Å². The van der Waals surface area contributed by atoms with Crippen molar-refractivity contribution in [3.63, 3.8) is 0 Å². The third-order valence-electron chi connectivity index (χ3n) is 6.26. The summed E-state index contributed by atoms with van der Waals surface area (Å²) in [6, 6.07) is 10.9. The quantitative estimate of drug-likeness (QED) is 0.652. The number of anilines is 1. The molecule has 168 valence electrons. The Morgan fingerprint density at radius 1 is 1.22 bits per heavy atom. The molecular weight excluding hydrogens is 427 g/mol. The van der Waals surface area contributed by atoms with Crippen LogP contribution in [0.25, 0.3) is 5.69 Å². The molecule has 1 aromatic heterocycles. The Morgan fingerprint density at radius 2 is 2.00 bits per heavy atom. The van der Waals surface area contributed by atoms with E-state index < -0.39 is 16.8 Å². The summed E-state index contributed by atoms with van der Waals surface area (Å²) in [7, 11) is -1.94. The number of hydrogen-bond acceptors (Lipinski definition) is 3. The molecule has 0 fully saturated rings. The topological polar surface area (TPSA) is 81.2 Å². The number of halogens is 1. The zero-order chi connectivity index (χ0) is 23.0. The van der Waals surface area contributed by atoms with E-state index in [2.05, 4.69) is 24.2 Å². The summed E-state index contributed by atoms with van der Waals surface area (Å²) in [5.74, 6) is -0.697. The first-order chi connectivity index (χ1) is 15.4. The number of benzene rings is 2. The zero-order valence-corrected chi connectivity index (χ0v) is 19.2. The predicted molar refractivity (Wildman–Crippen MR) is 124 cm³/mol. The molecule has 5 rings (SSSR count). The molecule has 3 atom stereocenters. The average molecular weight is 455 g/mol. The molecule has 2 aromatic carbocycles. The van der Waals surface area contributed by atoms with Crippen molar-refractivity contribution in [3.05, 3.63) is 71.3 Å². The third-order valence-corrected chi connectivity index (χ3v) is 7.00. The number of carbonyl (C=O) groups excluding carboxylic acids is 1. The fraction of sp³-hybridized carbons (Fsp3) is 0.333. The van der Waals surface area contributed by atoms with Crippen LogP contribution in [-0.4, -0.2) is 26.4 Å². The van der Waals surface area contributed by atoms with E-state index in [9.17, 15) is 13.4 Å². The van der Waals surface area contributed by atoms with Crippen molar-refractivity contribution in [2.24, 2.45) is 11.1 Å². The predicted octanol–water partition coefficient (Wildman–Crippen LogP) is 3.88. The van der Waals surface area contributed by atoms with Crippen molar-refractivity contribution < 1.29 is 13.4 Å². The van der Waals surface area contributed by atoms with Gasteiger partial charge in [-0.3, -0.25) is 4.79 Å². The Labute approximate surface area is 189 Å². The summed E-state index contributed by atoms with van der Waals surface area (Å²) in [5, 5.41) is 9.69. The van der Waals surface area contributed by atoms with E-state index in [4.69, 9.17) is 5.14 Å². The summed E-state index contributed by atoms with van der Waals surface area (Å²) < 4.78 is 27.6. The van der Waals surface area contributed by atoms with Crippen LogP contribution in [0, 0.1) is 11.7 Å². The molecule has 2 N–H and O–H groups in total. The van der Waals surface area contributed by atoms with Gasteiger partial charge in [0.15, 0.2) is 0 Å². The lowest BCUT2D eigenvalue weighted by Crippen LogP contribution is -2.36. The molecule has 6 nitrogen and oxygen atoms in total. The molecular formula is C24H27FN4O2S. The summed E-state index contributed by atoms with van der Waals surface area (Å²) in [6.07, 6.45) is 4.85. The van der Waals surface area contributed by atoms with E-state index in [0.717, 1.165) is 16.8 Å². The zero-order valence-electron chi connectivity index (χ0n) is 18.4. The molecule has 2 aliphatic rings. The molecule has 0 radical (unpaired) electrons. The lowest BCUT2D eigenvalue weighted by molar-refractivity contribution is -0.122. The van der Waals surface area contributed by atoms with Crippen molar-refractivity contribution in [1.82, 2.24) is 9.78 Å². The molecule has 3 unspecified atom stereocenters. The van der Waals surface area contributed by atoms with Crippen molar-refractivity contribution in [2.45, 2.75) is 44.4 Å². The minimum atomic E-state index is -1.94. The van der Waals surface area contributed by atoms with Gasteiger partial charge in [-0.25, -0.2) is 18.4 Å². The third kappa shape index (κ3) is 3.78. The molecule has 0 spiro atoms. The molecule has 32 heavy (non-hydrogen) atoms. The van der Waals surface area contributed by atoms with Gasteiger partial charge >= 0.3 is 0 Å². The fourth-order valence-electron chi connectivity index (χ4n) is 4.68. The van der Waals surface area contributed by atoms with Crippen LogP contribution in [-0.2, 0) is 28.6 Å². The number of nitrogens with two attached hydrogens (primary N) is 1. The smallest absolute Gasteiger partial charge is 0.231 e. The number of carbonyl (C=O) groups is 1. The highest BCUT2D eigenvalue weighted by Crippen LogP contribution is 2.41. The molecule has 0 saturated carbocycles. The van der Waals surface area contributed by atoms with Crippen LogP contribution in [0.15, 0.2) is 53.7 Å². The van der Waals surface area contributed by atoms with E-state index in [-0.39, 0.29) is 22.6 Å². The maximum Gasteiger partial charge on any atom is 0.231 e. The summed E-state index contributed by atoms with van der Waals surface area (Å²) >= 11 is 0. The van der Waals surface area contributed by atoms with Gasteiger partial charge < -0.3 is 4.90 Å². The van der Waals surface area contributed by atoms with Crippen LogP contribution in [0.4, 0.5) is 10.1 Å². The highest BCUT2D eigenvalue weighted by molar-refractivity contribution is 7.82. The summed E-state index contributed by atoms with van der Waals surface area (Å²) in [4.78, 5) is 15.1. The van der Waals surface area contributed by atoms with Gasteiger partial charge in [0.2, 0.25) is 5.91 Å². The standard InChI is InChI=1S/C22H21FN4O2S.C2H6/c1-13-17-4-3-16(27-7-2-6-25-27)9-15(17)10-18(13)22(28)26-8-5-14-11-19(23)21(30(24)29)12-20(14)26;1-2/h2-4,6-7,9,11-13,18H,5,8,10,24H2,1H3;1-2H3. The summed E-state index contributed by atoms with van der Waals surface area (Å²) in [5.41, 5.74) is 4.66. The van der Waals surface area contributed by atoms with Gasteiger partial charge in [-0.15, -0.1) is 0 Å². The van der Waals surface area contributed by atoms with Crippen molar-refractivity contribution in [1.29, 1.82) is 0 Å². The molecule has 3 aromatic rings.